The molecule has 1 aliphatic heterocycles. The molecule has 3 heteroatoms. The summed E-state index contributed by atoms with van der Waals surface area (Å²) in [4.78, 5) is 11.2. The Morgan fingerprint density at radius 3 is 2.69 bits per heavy atom. The van der Waals surface area contributed by atoms with Crippen molar-refractivity contribution >= 4 is 11.0 Å². The van der Waals surface area contributed by atoms with Gasteiger partial charge < -0.3 is 5.84 Å². The Morgan fingerprint density at radius 2 is 1.81 bits per heavy atom. The summed E-state index contributed by atoms with van der Waals surface area (Å²) in [5.74, 6) is 0.640. The second-order valence-corrected chi connectivity index (χ2v) is 3.48. The van der Waals surface area contributed by atoms with Gasteiger partial charge in [-0.25, -0.2) is 0 Å². The quantitative estimate of drug-likeness (QED) is 0.395. The van der Waals surface area contributed by atoms with Crippen LogP contribution < -0.4 is 35.0 Å². The van der Waals surface area contributed by atoms with Gasteiger partial charge in [0, 0.05) is 17.0 Å². The van der Waals surface area contributed by atoms with E-state index in [4.69, 9.17) is 4.42 Å². The summed E-state index contributed by atoms with van der Waals surface area (Å²) in [5, 5.41) is 1.05. The molecule has 0 saturated heterocycles. The van der Waals surface area contributed by atoms with Crippen molar-refractivity contribution in [1.29, 1.82) is 0 Å². The second-order valence-electron chi connectivity index (χ2n) is 3.48. The molecule has 16 heavy (non-hydrogen) atoms. The first-order chi connectivity index (χ1) is 7.33. The summed E-state index contributed by atoms with van der Waals surface area (Å²) in [6.07, 6.45) is 0. The molecular weight excluding hydrogens is 211 g/mol. The van der Waals surface area contributed by atoms with Crippen LogP contribution in [0.15, 0.2) is 57.7 Å². The van der Waals surface area contributed by atoms with E-state index >= 15 is 0 Å². The van der Waals surface area contributed by atoms with Crippen LogP contribution in [0, 0.1) is 0 Å². The van der Waals surface area contributed by atoms with Gasteiger partial charge in [0.2, 0.25) is 0 Å². The van der Waals surface area contributed by atoms with Crippen LogP contribution in [0.1, 0.15) is 1.43 Å². The molecule has 0 N–H and O–H groups in total. The molecule has 1 aliphatic carbocycles. The van der Waals surface area contributed by atoms with Gasteiger partial charge in [0.15, 0.2) is 5.43 Å². The minimum atomic E-state index is -0.0264. The van der Waals surface area contributed by atoms with E-state index < -0.39 is 0 Å². The fraction of sp³-hybridized carbons (Fsp3) is 0. The van der Waals surface area contributed by atoms with Crippen molar-refractivity contribution < 1.29 is 35.4 Å². The van der Waals surface area contributed by atoms with Gasteiger partial charge in [-0.15, -0.1) is 0 Å². The zero-order valence-corrected chi connectivity index (χ0v) is 10.9. The normalized spacial score (nSPS) is 10.2. The Hall–Kier alpha value is -1.09. The van der Waals surface area contributed by atoms with Crippen molar-refractivity contribution in [3.63, 3.8) is 0 Å². The molecule has 1 heterocycles. The number of fused-ring (bicyclic) bond motifs is 2. The fourth-order valence-corrected chi connectivity index (χ4v) is 1.70. The van der Waals surface area contributed by atoms with Crippen molar-refractivity contribution in [3.8, 4) is 11.3 Å². The maximum atomic E-state index is 11.2. The summed E-state index contributed by atoms with van der Waals surface area (Å²) >= 11 is 0. The van der Waals surface area contributed by atoms with E-state index in [1.165, 1.54) is 6.07 Å². The van der Waals surface area contributed by atoms with Crippen LogP contribution in [-0.2, 0) is 0 Å². The van der Waals surface area contributed by atoms with Crippen molar-refractivity contribution in [2.45, 2.75) is 0 Å². The minimum absolute atomic E-state index is 0. The predicted octanol–water partition coefficient (Wildman–Crippen LogP) is 0.0143. The monoisotopic (exact) mass is 220 g/mol. The number of hydrogen-bond acceptors (Lipinski definition) is 2. The van der Waals surface area contributed by atoms with Gasteiger partial charge in [-0.3, -0.25) is 4.79 Å². The number of hydrogen-bond donors (Lipinski definition) is 0. The topological polar surface area (TPSA) is 30.2 Å². The van der Waals surface area contributed by atoms with Crippen LogP contribution in [0.3, 0.4) is 0 Å². The van der Waals surface area contributed by atoms with Gasteiger partial charge in [-0.05, 0) is 24.3 Å². The molecule has 0 bridgehead atoms. The van der Waals surface area contributed by atoms with Crippen LogP contribution in [0.5, 0.6) is 0 Å². The molecule has 0 saturated carbocycles. The number of rotatable bonds is 0. The van der Waals surface area contributed by atoms with E-state index in [1.54, 1.807) is 12.1 Å². The van der Waals surface area contributed by atoms with Crippen molar-refractivity contribution in [1.82, 2.24) is 0 Å². The Balaban J connectivity index is 0.000000722. The third-order valence-electron chi connectivity index (χ3n) is 2.43. The molecule has 0 aromatic heterocycles. The predicted molar refractivity (Wildman–Crippen MR) is 60.2 cm³/mol. The van der Waals surface area contributed by atoms with Gasteiger partial charge >= 0.3 is 29.6 Å². The fourth-order valence-electron chi connectivity index (χ4n) is 1.70. The van der Waals surface area contributed by atoms with Crippen LogP contribution in [0.25, 0.3) is 22.3 Å². The molecule has 1 aromatic rings. The summed E-state index contributed by atoms with van der Waals surface area (Å²) in [6.45, 7) is 0. The Labute approximate surface area is 116 Å². The van der Waals surface area contributed by atoms with Gasteiger partial charge in [0.05, 0.1) is 0 Å². The maximum absolute atomic E-state index is 11.2. The Kier molecular flexibility index (Phi) is 3.15. The van der Waals surface area contributed by atoms with Gasteiger partial charge in [-0.2, -0.15) is 0 Å². The molecule has 0 atom stereocenters. The first-order valence-corrected chi connectivity index (χ1v) is 4.76. The molecule has 3 rings (SSSR count). The maximum Gasteiger partial charge on any atom is 1.00 e. The smallest absolute Gasteiger partial charge is 1.00 e. The van der Waals surface area contributed by atoms with Crippen molar-refractivity contribution in [2.75, 3.05) is 0 Å². The van der Waals surface area contributed by atoms with Crippen molar-refractivity contribution in [2.24, 2.45) is 0 Å². The molecule has 1 aromatic carbocycles. The van der Waals surface area contributed by atoms with Gasteiger partial charge in [-0.1, -0.05) is 18.2 Å². The van der Waals surface area contributed by atoms with E-state index in [1.807, 2.05) is 30.3 Å². The standard InChI is InChI=1S/C13H8O2.Na.H/c14-11-6-5-10-7-9-3-1-2-4-12(9)15-13(10)8-11;;/h1-8H;;/q;+1;-1. The minimum Gasteiger partial charge on any atom is -1.00 e. The zero-order chi connectivity index (χ0) is 10.3. The van der Waals surface area contributed by atoms with Gasteiger partial charge in [0.25, 0.3) is 0 Å². The van der Waals surface area contributed by atoms with E-state index in [9.17, 15) is 4.79 Å². The Bertz CT molecular complexity index is 663. The first-order valence-electron chi connectivity index (χ1n) is 4.76. The third-order valence-corrected chi connectivity index (χ3v) is 2.43. The molecule has 0 radical (unpaired) electrons. The zero-order valence-electron chi connectivity index (χ0n) is 9.94. The van der Waals surface area contributed by atoms with Crippen LogP contribution >= 0.6 is 0 Å². The first kappa shape index (κ1) is 11.4. The summed E-state index contributed by atoms with van der Waals surface area (Å²) in [5.41, 5.74) is 1.73. The van der Waals surface area contributed by atoms with E-state index in [2.05, 4.69) is 0 Å². The van der Waals surface area contributed by atoms with E-state index in [-0.39, 0.29) is 36.4 Å². The summed E-state index contributed by atoms with van der Waals surface area (Å²) < 4.78 is 5.63. The van der Waals surface area contributed by atoms with Crippen LogP contribution in [0.2, 0.25) is 0 Å². The molecule has 2 nitrogen and oxygen atoms in total. The Morgan fingerprint density at radius 1 is 1.00 bits per heavy atom. The molecule has 0 fully saturated rings. The third kappa shape index (κ3) is 1.92. The number of benzene rings is 2. The summed E-state index contributed by atoms with van der Waals surface area (Å²) in [6, 6.07) is 14.6. The van der Waals surface area contributed by atoms with Crippen molar-refractivity contribution in [3.05, 3.63) is 58.8 Å². The number of para-hydroxylation sites is 1. The SMILES string of the molecule is O=c1ccc2cc3ccccc3oc-2c1.[H-].[Na+]. The van der Waals surface area contributed by atoms with Crippen LogP contribution in [0.4, 0.5) is 0 Å². The van der Waals surface area contributed by atoms with Gasteiger partial charge in [0.1, 0.15) is 11.3 Å². The molecule has 0 amide bonds. The molecule has 74 valence electrons. The molecular formula is C13H9NaO2. The molecule has 0 unspecified atom stereocenters. The van der Waals surface area contributed by atoms with E-state index in [0.717, 1.165) is 16.5 Å². The largest absolute Gasteiger partial charge is 1.00 e. The molecule has 2 aliphatic rings. The second kappa shape index (κ2) is 4.42. The average molecular weight is 220 g/mol. The van der Waals surface area contributed by atoms with Crippen LogP contribution in [-0.4, -0.2) is 0 Å². The average Bonchev–Trinajstić information content (AvgIpc) is 2.26. The van der Waals surface area contributed by atoms with E-state index in [0.29, 0.717) is 5.76 Å². The summed E-state index contributed by atoms with van der Waals surface area (Å²) in [7, 11) is 0. The molecule has 0 spiro atoms.